The zero-order valence-corrected chi connectivity index (χ0v) is 9.59. The molecule has 1 saturated heterocycles. The first-order valence-electron chi connectivity index (χ1n) is 5.85. The molecule has 5 heteroatoms. The second-order valence-electron chi connectivity index (χ2n) is 4.20. The monoisotopic (exact) mass is 239 g/mol. The van der Waals surface area contributed by atoms with E-state index in [1.165, 1.54) is 6.26 Å². The lowest BCUT2D eigenvalue weighted by Crippen LogP contribution is -2.38. The summed E-state index contributed by atoms with van der Waals surface area (Å²) in [6.07, 6.45) is 2.62. The van der Waals surface area contributed by atoms with Gasteiger partial charge in [-0.2, -0.15) is 0 Å². The first-order chi connectivity index (χ1) is 8.27. The van der Waals surface area contributed by atoms with E-state index in [2.05, 4.69) is 5.32 Å². The van der Waals surface area contributed by atoms with Crippen molar-refractivity contribution in [2.45, 2.75) is 18.9 Å². The van der Waals surface area contributed by atoms with Gasteiger partial charge in [0.05, 0.1) is 12.4 Å². The molecule has 0 radical (unpaired) electrons. The molecular formula is C12H17NO4. The first kappa shape index (κ1) is 12.1. The number of ether oxygens (including phenoxy) is 1. The van der Waals surface area contributed by atoms with Gasteiger partial charge in [-0.05, 0) is 30.9 Å². The summed E-state index contributed by atoms with van der Waals surface area (Å²) in [7, 11) is 0. The Morgan fingerprint density at radius 2 is 2.29 bits per heavy atom. The van der Waals surface area contributed by atoms with Crippen LogP contribution in [-0.4, -0.2) is 36.9 Å². The van der Waals surface area contributed by atoms with Gasteiger partial charge >= 0.3 is 0 Å². The Balaban J connectivity index is 1.75. The van der Waals surface area contributed by atoms with Crippen LogP contribution in [0.4, 0.5) is 0 Å². The Labute approximate surface area is 99.8 Å². The van der Waals surface area contributed by atoms with Gasteiger partial charge in [-0.3, -0.25) is 4.79 Å². The molecule has 1 aromatic rings. The number of hydrogen-bond donors (Lipinski definition) is 2. The zero-order chi connectivity index (χ0) is 12.1. The maximum absolute atomic E-state index is 11.6. The number of carbonyl (C=O) groups is 1. The number of aliphatic hydroxyl groups is 1. The Bertz CT molecular complexity index is 343. The number of furan rings is 1. The molecule has 1 aliphatic heterocycles. The molecule has 2 rings (SSSR count). The third-order valence-corrected chi connectivity index (χ3v) is 3.03. The van der Waals surface area contributed by atoms with Crippen LogP contribution in [0.15, 0.2) is 22.8 Å². The standard InChI is InChI=1S/C12H17NO4/c14-10(9-3-6-16-7-4-9)8-13-12(15)11-2-1-5-17-11/h1-2,5,9-10,14H,3-4,6-8H2,(H,13,15)/t10-/m1/s1. The molecule has 1 aliphatic rings. The van der Waals surface area contributed by atoms with Crippen molar-refractivity contribution in [2.75, 3.05) is 19.8 Å². The largest absolute Gasteiger partial charge is 0.459 e. The molecule has 0 bridgehead atoms. The number of aliphatic hydroxyl groups excluding tert-OH is 1. The van der Waals surface area contributed by atoms with Crippen LogP contribution in [0.2, 0.25) is 0 Å². The van der Waals surface area contributed by atoms with E-state index >= 15 is 0 Å². The highest BCUT2D eigenvalue weighted by atomic mass is 16.5. The van der Waals surface area contributed by atoms with E-state index in [-0.39, 0.29) is 24.1 Å². The lowest BCUT2D eigenvalue weighted by molar-refractivity contribution is 0.00862. The molecule has 94 valence electrons. The predicted octanol–water partition coefficient (Wildman–Crippen LogP) is 0.797. The molecule has 0 spiro atoms. The molecule has 17 heavy (non-hydrogen) atoms. The normalized spacial score (nSPS) is 18.9. The molecule has 1 atom stereocenters. The lowest BCUT2D eigenvalue weighted by Gasteiger charge is -2.26. The van der Waals surface area contributed by atoms with Gasteiger partial charge in [0.15, 0.2) is 5.76 Å². The van der Waals surface area contributed by atoms with E-state index in [1.54, 1.807) is 12.1 Å². The van der Waals surface area contributed by atoms with Crippen molar-refractivity contribution in [3.63, 3.8) is 0 Å². The fraction of sp³-hybridized carbons (Fsp3) is 0.583. The smallest absolute Gasteiger partial charge is 0.287 e. The molecule has 1 aromatic heterocycles. The molecule has 5 nitrogen and oxygen atoms in total. The van der Waals surface area contributed by atoms with Crippen molar-refractivity contribution < 1.29 is 19.1 Å². The summed E-state index contributed by atoms with van der Waals surface area (Å²) in [6.45, 7) is 1.63. The van der Waals surface area contributed by atoms with Crippen LogP contribution in [0.1, 0.15) is 23.4 Å². The number of rotatable bonds is 4. The molecule has 0 aliphatic carbocycles. The Hall–Kier alpha value is -1.33. The second kappa shape index (κ2) is 5.84. The van der Waals surface area contributed by atoms with Gasteiger partial charge in [-0.25, -0.2) is 0 Å². The topological polar surface area (TPSA) is 71.7 Å². The fourth-order valence-corrected chi connectivity index (χ4v) is 1.96. The minimum atomic E-state index is -0.516. The van der Waals surface area contributed by atoms with Gasteiger partial charge in [0.1, 0.15) is 0 Å². The number of amides is 1. The number of carbonyl (C=O) groups excluding carboxylic acids is 1. The maximum atomic E-state index is 11.6. The third kappa shape index (κ3) is 3.31. The van der Waals surface area contributed by atoms with Crippen molar-refractivity contribution in [1.82, 2.24) is 5.32 Å². The third-order valence-electron chi connectivity index (χ3n) is 3.03. The Morgan fingerprint density at radius 3 is 2.94 bits per heavy atom. The van der Waals surface area contributed by atoms with Crippen molar-refractivity contribution >= 4 is 5.91 Å². The highest BCUT2D eigenvalue weighted by molar-refractivity contribution is 5.91. The van der Waals surface area contributed by atoms with E-state index in [9.17, 15) is 9.90 Å². The van der Waals surface area contributed by atoms with Crippen LogP contribution >= 0.6 is 0 Å². The van der Waals surface area contributed by atoms with Gasteiger partial charge in [0, 0.05) is 19.8 Å². The highest BCUT2D eigenvalue weighted by Crippen LogP contribution is 2.18. The van der Waals surface area contributed by atoms with E-state index in [4.69, 9.17) is 9.15 Å². The van der Waals surface area contributed by atoms with Gasteiger partial charge in [0.2, 0.25) is 0 Å². The van der Waals surface area contributed by atoms with E-state index in [0.29, 0.717) is 13.2 Å². The SMILES string of the molecule is O=C(NC[C@@H](O)C1CCOCC1)c1ccco1. The summed E-state index contributed by atoms with van der Waals surface area (Å²) < 4.78 is 10.2. The highest BCUT2D eigenvalue weighted by Gasteiger charge is 2.22. The van der Waals surface area contributed by atoms with Crippen LogP contribution in [0, 0.1) is 5.92 Å². The summed E-state index contributed by atoms with van der Waals surface area (Å²) in [5.74, 6) is 0.186. The number of nitrogens with one attached hydrogen (secondary N) is 1. The molecule has 2 N–H and O–H groups in total. The molecule has 0 aromatic carbocycles. The van der Waals surface area contributed by atoms with Crippen LogP contribution in [-0.2, 0) is 4.74 Å². The fourth-order valence-electron chi connectivity index (χ4n) is 1.96. The molecule has 1 amide bonds. The van der Waals surface area contributed by atoms with E-state index in [0.717, 1.165) is 12.8 Å². The molecular weight excluding hydrogens is 222 g/mol. The summed E-state index contributed by atoms with van der Waals surface area (Å²) in [5.41, 5.74) is 0. The average Bonchev–Trinajstić information content (AvgIpc) is 2.90. The predicted molar refractivity (Wildman–Crippen MR) is 60.6 cm³/mol. The van der Waals surface area contributed by atoms with Gasteiger partial charge in [0.25, 0.3) is 5.91 Å². The van der Waals surface area contributed by atoms with Crippen LogP contribution in [0.25, 0.3) is 0 Å². The lowest BCUT2D eigenvalue weighted by atomic mass is 9.94. The first-order valence-corrected chi connectivity index (χ1v) is 5.85. The Morgan fingerprint density at radius 1 is 1.53 bits per heavy atom. The zero-order valence-electron chi connectivity index (χ0n) is 9.59. The minimum Gasteiger partial charge on any atom is -0.459 e. The molecule has 1 fully saturated rings. The van der Waals surface area contributed by atoms with Crippen LogP contribution in [0.3, 0.4) is 0 Å². The van der Waals surface area contributed by atoms with Gasteiger partial charge < -0.3 is 19.6 Å². The van der Waals surface area contributed by atoms with Gasteiger partial charge in [-0.15, -0.1) is 0 Å². The van der Waals surface area contributed by atoms with Gasteiger partial charge in [-0.1, -0.05) is 0 Å². The van der Waals surface area contributed by atoms with Crippen LogP contribution in [0.5, 0.6) is 0 Å². The van der Waals surface area contributed by atoms with Crippen molar-refractivity contribution in [3.8, 4) is 0 Å². The quantitative estimate of drug-likeness (QED) is 0.815. The molecule has 2 heterocycles. The Kier molecular flexibility index (Phi) is 4.17. The average molecular weight is 239 g/mol. The summed E-state index contributed by atoms with van der Waals surface area (Å²) >= 11 is 0. The summed E-state index contributed by atoms with van der Waals surface area (Å²) in [6, 6.07) is 3.25. The van der Waals surface area contributed by atoms with Crippen molar-refractivity contribution in [2.24, 2.45) is 5.92 Å². The summed E-state index contributed by atoms with van der Waals surface area (Å²) in [5, 5.41) is 12.6. The summed E-state index contributed by atoms with van der Waals surface area (Å²) in [4.78, 5) is 11.6. The maximum Gasteiger partial charge on any atom is 0.287 e. The minimum absolute atomic E-state index is 0.209. The number of hydrogen-bond acceptors (Lipinski definition) is 4. The van der Waals surface area contributed by atoms with Crippen molar-refractivity contribution in [3.05, 3.63) is 24.2 Å². The van der Waals surface area contributed by atoms with E-state index in [1.807, 2.05) is 0 Å². The van der Waals surface area contributed by atoms with Crippen LogP contribution < -0.4 is 5.32 Å². The second-order valence-corrected chi connectivity index (χ2v) is 4.20. The molecule has 0 unspecified atom stereocenters. The molecule has 0 saturated carbocycles. The van der Waals surface area contributed by atoms with Crippen molar-refractivity contribution in [1.29, 1.82) is 0 Å². The van der Waals surface area contributed by atoms with E-state index < -0.39 is 6.10 Å².